The van der Waals surface area contributed by atoms with Gasteiger partial charge in [0.15, 0.2) is 0 Å². The van der Waals surface area contributed by atoms with Gasteiger partial charge in [-0.05, 0) is 6.07 Å². The number of carbonyl (C=O) groups is 1. The van der Waals surface area contributed by atoms with Crippen molar-refractivity contribution in [3.05, 3.63) is 66.6 Å². The van der Waals surface area contributed by atoms with Crippen LogP contribution < -0.4 is 16.0 Å². The fraction of sp³-hybridized carbons (Fsp3) is 0.278. The first kappa shape index (κ1) is 24.4. The first-order valence-electron chi connectivity index (χ1n) is 8.25. The highest BCUT2D eigenvalue weighted by Crippen LogP contribution is 2.33. The van der Waals surface area contributed by atoms with E-state index < -0.39 is 29.1 Å². The van der Waals surface area contributed by atoms with Crippen LogP contribution in [-0.2, 0) is 27.5 Å². The second-order valence-corrected chi connectivity index (χ2v) is 6.72. The highest BCUT2D eigenvalue weighted by atomic mass is 35.5. The molecule has 8 nitrogen and oxygen atoms in total. The summed E-state index contributed by atoms with van der Waals surface area (Å²) in [4.78, 5) is 36.1. The van der Waals surface area contributed by atoms with E-state index >= 15 is 0 Å². The summed E-state index contributed by atoms with van der Waals surface area (Å²) in [7, 11) is 3.31. The maximum Gasteiger partial charge on any atom is 0.431 e. The highest BCUT2D eigenvalue weighted by Gasteiger charge is 2.35. The molecule has 0 N–H and O–H groups in total. The van der Waals surface area contributed by atoms with Crippen LogP contribution in [0.3, 0.4) is 0 Å². The molecular formula is C18H15Cl2F3N2O6. The molecule has 2 rings (SSSR count). The fourth-order valence-corrected chi connectivity index (χ4v) is 2.94. The number of alkyl halides is 3. The Morgan fingerprint density at radius 2 is 1.74 bits per heavy atom. The van der Waals surface area contributed by atoms with Gasteiger partial charge < -0.3 is 14.2 Å². The molecular weight excluding hydrogens is 468 g/mol. The zero-order chi connectivity index (χ0) is 23.5. The first-order chi connectivity index (χ1) is 14.4. The molecule has 0 aliphatic carbocycles. The Balaban J connectivity index is 2.55. The number of nitrogens with zero attached hydrogens (tertiary/aromatic N) is 2. The van der Waals surface area contributed by atoms with Crippen LogP contribution in [0.5, 0.6) is 5.75 Å². The number of halogens is 5. The van der Waals surface area contributed by atoms with Crippen LogP contribution in [0, 0.1) is 0 Å². The Morgan fingerprint density at radius 3 is 2.29 bits per heavy atom. The average Bonchev–Trinajstić information content (AvgIpc) is 2.69. The third-order valence-corrected chi connectivity index (χ3v) is 4.56. The van der Waals surface area contributed by atoms with Crippen molar-refractivity contribution < 1.29 is 32.2 Å². The number of hydrogen-bond donors (Lipinski definition) is 0. The third-order valence-electron chi connectivity index (χ3n) is 3.96. The summed E-state index contributed by atoms with van der Waals surface area (Å²) in [6, 6.07) is 2.52. The predicted molar refractivity (Wildman–Crippen MR) is 105 cm³/mol. The van der Waals surface area contributed by atoms with Gasteiger partial charge in [0.1, 0.15) is 23.8 Å². The zero-order valence-corrected chi connectivity index (χ0v) is 17.8. The summed E-state index contributed by atoms with van der Waals surface area (Å²) in [5.74, 6) is -0.729. The molecule has 31 heavy (non-hydrogen) atoms. The SMILES string of the molecule is COC(=O)/C=C(\COc1cc(-n2c(=O)cc(C(F)(F)F)n(C)c2=O)c(Cl)cc1Cl)OC. The molecule has 0 spiro atoms. The van der Waals surface area contributed by atoms with Crippen molar-refractivity contribution in [1.82, 2.24) is 9.13 Å². The quantitative estimate of drug-likeness (QED) is 0.357. The second kappa shape index (κ2) is 9.48. The van der Waals surface area contributed by atoms with Crippen LogP contribution in [0.2, 0.25) is 10.0 Å². The number of benzene rings is 1. The van der Waals surface area contributed by atoms with Gasteiger partial charge in [-0.1, -0.05) is 23.2 Å². The molecule has 13 heteroatoms. The van der Waals surface area contributed by atoms with Crippen LogP contribution in [-0.4, -0.2) is 35.9 Å². The van der Waals surface area contributed by atoms with Gasteiger partial charge in [0, 0.05) is 19.2 Å². The molecule has 0 radical (unpaired) electrons. The topological polar surface area (TPSA) is 88.8 Å². The van der Waals surface area contributed by atoms with E-state index in [0.717, 1.165) is 32.4 Å². The minimum absolute atomic E-state index is 0.0287. The molecule has 0 aliphatic rings. The van der Waals surface area contributed by atoms with Gasteiger partial charge in [-0.2, -0.15) is 13.2 Å². The van der Waals surface area contributed by atoms with E-state index in [-0.39, 0.29) is 44.5 Å². The number of carbonyl (C=O) groups excluding carboxylic acids is 1. The molecule has 0 bridgehead atoms. The normalized spacial score (nSPS) is 11.9. The number of methoxy groups -OCH3 is 2. The molecule has 1 heterocycles. The van der Waals surface area contributed by atoms with Crippen LogP contribution in [0.1, 0.15) is 5.69 Å². The maximum atomic E-state index is 13.0. The molecule has 0 unspecified atom stereocenters. The summed E-state index contributed by atoms with van der Waals surface area (Å²) in [6.45, 7) is -0.299. The molecule has 1 aromatic heterocycles. The second-order valence-electron chi connectivity index (χ2n) is 5.90. The smallest absolute Gasteiger partial charge is 0.431 e. The van der Waals surface area contributed by atoms with Crippen molar-refractivity contribution in [2.45, 2.75) is 6.18 Å². The summed E-state index contributed by atoms with van der Waals surface area (Å²) in [6.07, 6.45) is -3.90. The Bertz CT molecular complexity index is 1150. The van der Waals surface area contributed by atoms with E-state index in [1.54, 1.807) is 0 Å². The number of ether oxygens (including phenoxy) is 3. The largest absolute Gasteiger partial charge is 0.497 e. The lowest BCUT2D eigenvalue weighted by molar-refractivity contribution is -0.144. The summed E-state index contributed by atoms with van der Waals surface area (Å²) in [5, 5.41) is -0.215. The minimum Gasteiger partial charge on any atom is -0.497 e. The Kier molecular flexibility index (Phi) is 7.45. The van der Waals surface area contributed by atoms with Gasteiger partial charge in [0.2, 0.25) is 0 Å². The van der Waals surface area contributed by atoms with E-state index in [1.165, 1.54) is 7.11 Å². The van der Waals surface area contributed by atoms with Gasteiger partial charge in [0.05, 0.1) is 36.0 Å². The highest BCUT2D eigenvalue weighted by molar-refractivity contribution is 6.36. The molecule has 0 saturated heterocycles. The Hall–Kier alpha value is -2.92. The van der Waals surface area contributed by atoms with E-state index in [2.05, 4.69) is 4.74 Å². The molecule has 1 aromatic carbocycles. The lowest BCUT2D eigenvalue weighted by atomic mass is 10.2. The van der Waals surface area contributed by atoms with Crippen LogP contribution >= 0.6 is 23.2 Å². The monoisotopic (exact) mass is 482 g/mol. The lowest BCUT2D eigenvalue weighted by Gasteiger charge is -2.16. The molecule has 0 amide bonds. The van der Waals surface area contributed by atoms with Gasteiger partial charge >= 0.3 is 17.8 Å². The summed E-state index contributed by atoms with van der Waals surface area (Å²) >= 11 is 12.1. The van der Waals surface area contributed by atoms with Crippen LogP contribution in [0.15, 0.2) is 39.6 Å². The van der Waals surface area contributed by atoms with Crippen molar-refractivity contribution >= 4 is 29.2 Å². The van der Waals surface area contributed by atoms with Crippen molar-refractivity contribution in [1.29, 1.82) is 0 Å². The molecule has 2 aromatic rings. The predicted octanol–water partition coefficient (Wildman–Crippen LogP) is 2.94. The van der Waals surface area contributed by atoms with Crippen molar-refractivity contribution in [2.24, 2.45) is 7.05 Å². The Morgan fingerprint density at radius 1 is 1.10 bits per heavy atom. The van der Waals surface area contributed by atoms with Gasteiger partial charge in [0.25, 0.3) is 5.56 Å². The van der Waals surface area contributed by atoms with Gasteiger partial charge in [-0.3, -0.25) is 9.36 Å². The summed E-state index contributed by atoms with van der Waals surface area (Å²) in [5.41, 5.74) is -4.21. The van der Waals surface area contributed by atoms with Crippen LogP contribution in [0.4, 0.5) is 13.2 Å². The molecule has 0 saturated carbocycles. The third kappa shape index (κ3) is 5.42. The van der Waals surface area contributed by atoms with Gasteiger partial charge in [-0.15, -0.1) is 0 Å². The zero-order valence-electron chi connectivity index (χ0n) is 16.3. The molecule has 0 aliphatic heterocycles. The summed E-state index contributed by atoms with van der Waals surface area (Å²) < 4.78 is 54.7. The van der Waals surface area contributed by atoms with E-state index in [0.29, 0.717) is 4.57 Å². The number of hydrogen-bond acceptors (Lipinski definition) is 6. The first-order valence-corrected chi connectivity index (χ1v) is 9.01. The van der Waals surface area contributed by atoms with Crippen molar-refractivity contribution in [2.75, 3.05) is 20.8 Å². The minimum atomic E-state index is -4.91. The van der Waals surface area contributed by atoms with Crippen molar-refractivity contribution in [3.63, 3.8) is 0 Å². The molecule has 0 atom stereocenters. The van der Waals surface area contributed by atoms with Gasteiger partial charge in [-0.25, -0.2) is 14.2 Å². The molecule has 168 valence electrons. The number of esters is 1. The van der Waals surface area contributed by atoms with E-state index in [1.807, 2.05) is 0 Å². The number of rotatable bonds is 6. The lowest BCUT2D eigenvalue weighted by Crippen LogP contribution is -2.40. The molecule has 0 fully saturated rings. The van der Waals surface area contributed by atoms with Crippen molar-refractivity contribution in [3.8, 4) is 11.4 Å². The van der Waals surface area contributed by atoms with E-state index in [9.17, 15) is 27.6 Å². The maximum absolute atomic E-state index is 13.0. The average molecular weight is 483 g/mol. The van der Waals surface area contributed by atoms with Crippen LogP contribution in [0.25, 0.3) is 5.69 Å². The number of aromatic nitrogens is 2. The Labute approximate surface area is 183 Å². The standard InChI is InChI=1S/C18H15Cl2F3N2O6/c1-24-14(18(21,22)23)7-15(26)25(17(24)28)12-6-13(11(20)5-10(12)19)31-8-9(29-2)4-16(27)30-3/h4-7H,8H2,1-3H3/b9-4+. The van der Waals surface area contributed by atoms with E-state index in [4.69, 9.17) is 32.7 Å². The fourth-order valence-electron chi connectivity index (χ4n) is 2.42.